The van der Waals surface area contributed by atoms with E-state index < -0.39 is 0 Å². The van der Waals surface area contributed by atoms with E-state index in [0.29, 0.717) is 11.0 Å². The zero-order valence-corrected chi connectivity index (χ0v) is 11.5. The molecule has 3 N–H and O–H groups in total. The molecule has 2 rings (SSSR count). The van der Waals surface area contributed by atoms with Crippen molar-refractivity contribution in [2.24, 2.45) is 11.1 Å². The number of ether oxygens (including phenoxy) is 1. The van der Waals surface area contributed by atoms with Crippen molar-refractivity contribution in [3.05, 3.63) is 21.9 Å². The van der Waals surface area contributed by atoms with Crippen molar-refractivity contribution in [1.29, 1.82) is 0 Å². The molecule has 100 valence electrons. The van der Waals surface area contributed by atoms with Gasteiger partial charge < -0.3 is 15.8 Å². The summed E-state index contributed by atoms with van der Waals surface area (Å²) in [6.45, 7) is 5.81. The van der Waals surface area contributed by atoms with Crippen LogP contribution in [0.15, 0.2) is 11.4 Å². The van der Waals surface area contributed by atoms with Crippen molar-refractivity contribution in [2.75, 3.05) is 19.8 Å². The fourth-order valence-corrected chi connectivity index (χ4v) is 2.97. The Morgan fingerprint density at radius 1 is 1.56 bits per heavy atom. The van der Waals surface area contributed by atoms with Gasteiger partial charge in [0.1, 0.15) is 0 Å². The van der Waals surface area contributed by atoms with E-state index in [9.17, 15) is 4.79 Å². The van der Waals surface area contributed by atoms with Crippen LogP contribution in [-0.2, 0) is 11.3 Å². The van der Waals surface area contributed by atoms with E-state index in [1.165, 1.54) is 0 Å². The molecule has 18 heavy (non-hydrogen) atoms. The molecular weight excluding hydrogens is 248 g/mol. The number of nitrogens with one attached hydrogen (secondary N) is 1. The summed E-state index contributed by atoms with van der Waals surface area (Å²) in [6, 6.07) is 1.87. The van der Waals surface area contributed by atoms with E-state index in [1.807, 2.05) is 11.4 Å². The Morgan fingerprint density at radius 2 is 2.28 bits per heavy atom. The van der Waals surface area contributed by atoms with E-state index >= 15 is 0 Å². The first-order valence-electron chi connectivity index (χ1n) is 6.25. The van der Waals surface area contributed by atoms with E-state index in [-0.39, 0.29) is 5.91 Å². The van der Waals surface area contributed by atoms with Gasteiger partial charge in [0.25, 0.3) is 0 Å². The van der Waals surface area contributed by atoms with Crippen LogP contribution in [0.3, 0.4) is 0 Å². The van der Waals surface area contributed by atoms with Crippen molar-refractivity contribution in [1.82, 2.24) is 5.32 Å². The molecule has 1 fully saturated rings. The number of hydrogen-bond donors (Lipinski definition) is 2. The van der Waals surface area contributed by atoms with E-state index in [0.717, 1.165) is 44.0 Å². The minimum absolute atomic E-state index is 0.335. The van der Waals surface area contributed by atoms with Gasteiger partial charge in [-0.15, -0.1) is 11.3 Å². The molecule has 4 nitrogen and oxygen atoms in total. The maximum absolute atomic E-state index is 11.0. The maximum atomic E-state index is 11.0. The lowest BCUT2D eigenvalue weighted by molar-refractivity contribution is 0.0240. The van der Waals surface area contributed by atoms with Crippen LogP contribution in [0.5, 0.6) is 0 Å². The Hall–Kier alpha value is -0.910. The van der Waals surface area contributed by atoms with Crippen molar-refractivity contribution in [3.8, 4) is 0 Å². The van der Waals surface area contributed by atoms with Gasteiger partial charge in [-0.25, -0.2) is 0 Å². The number of primary amides is 1. The fraction of sp³-hybridized carbons (Fsp3) is 0.615. The Balaban J connectivity index is 1.78. The summed E-state index contributed by atoms with van der Waals surface area (Å²) in [5, 5.41) is 5.28. The standard InChI is InChI=1S/C13H20N2O2S/c1-13(2-4-17-5-3-13)9-15-7-11-6-10(8-18-11)12(14)16/h6,8,15H,2-5,7,9H2,1H3,(H2,14,16). The minimum Gasteiger partial charge on any atom is -0.381 e. The monoisotopic (exact) mass is 268 g/mol. The molecule has 0 aliphatic carbocycles. The van der Waals surface area contributed by atoms with Crippen LogP contribution in [0.4, 0.5) is 0 Å². The van der Waals surface area contributed by atoms with Gasteiger partial charge in [0.2, 0.25) is 5.91 Å². The SMILES string of the molecule is CC1(CNCc2cc(C(N)=O)cs2)CCOCC1. The highest BCUT2D eigenvalue weighted by Crippen LogP contribution is 2.28. The molecule has 5 heteroatoms. The van der Waals surface area contributed by atoms with Gasteiger partial charge in [0.15, 0.2) is 0 Å². The van der Waals surface area contributed by atoms with Crippen molar-refractivity contribution in [3.63, 3.8) is 0 Å². The van der Waals surface area contributed by atoms with Gasteiger partial charge in [-0.2, -0.15) is 0 Å². The molecule has 0 unspecified atom stereocenters. The summed E-state index contributed by atoms with van der Waals surface area (Å²) in [5.74, 6) is -0.353. The lowest BCUT2D eigenvalue weighted by Crippen LogP contribution is -2.36. The van der Waals surface area contributed by atoms with Gasteiger partial charge >= 0.3 is 0 Å². The predicted molar refractivity (Wildman–Crippen MR) is 72.7 cm³/mol. The van der Waals surface area contributed by atoms with Crippen molar-refractivity contribution >= 4 is 17.2 Å². The first-order valence-corrected chi connectivity index (χ1v) is 7.13. The number of thiophene rings is 1. The first kappa shape index (κ1) is 13.5. The highest BCUT2D eigenvalue weighted by molar-refractivity contribution is 7.10. The molecule has 1 aromatic heterocycles. The average molecular weight is 268 g/mol. The molecule has 1 aromatic rings. The van der Waals surface area contributed by atoms with E-state index in [4.69, 9.17) is 10.5 Å². The summed E-state index contributed by atoms with van der Waals surface area (Å²) < 4.78 is 5.38. The van der Waals surface area contributed by atoms with Crippen molar-refractivity contribution < 1.29 is 9.53 Å². The molecular formula is C13H20N2O2S. The average Bonchev–Trinajstić information content (AvgIpc) is 2.78. The van der Waals surface area contributed by atoms with Crippen LogP contribution in [0.2, 0.25) is 0 Å². The molecule has 0 bridgehead atoms. The summed E-state index contributed by atoms with van der Waals surface area (Å²) >= 11 is 1.58. The zero-order chi connectivity index (χ0) is 13.0. The Morgan fingerprint density at radius 3 is 2.89 bits per heavy atom. The first-order chi connectivity index (χ1) is 8.59. The normalized spacial score (nSPS) is 18.7. The molecule has 0 aromatic carbocycles. The second-order valence-corrected chi connectivity index (χ2v) is 6.19. The Kier molecular flexibility index (Phi) is 4.37. The lowest BCUT2D eigenvalue weighted by atomic mass is 9.82. The van der Waals surface area contributed by atoms with Crippen LogP contribution in [-0.4, -0.2) is 25.7 Å². The third kappa shape index (κ3) is 3.54. The molecule has 1 amide bonds. The number of carbonyl (C=O) groups is 1. The highest BCUT2D eigenvalue weighted by atomic mass is 32.1. The second-order valence-electron chi connectivity index (χ2n) is 5.19. The van der Waals surface area contributed by atoms with Gasteiger partial charge in [-0.3, -0.25) is 4.79 Å². The minimum atomic E-state index is -0.353. The number of hydrogen-bond acceptors (Lipinski definition) is 4. The molecule has 2 heterocycles. The molecule has 1 aliphatic heterocycles. The summed E-state index contributed by atoms with van der Waals surface area (Å²) in [5.41, 5.74) is 6.17. The van der Waals surface area contributed by atoms with E-state index in [1.54, 1.807) is 11.3 Å². The number of nitrogens with two attached hydrogens (primary N) is 1. The number of amides is 1. The van der Waals surface area contributed by atoms with Crippen LogP contribution in [0.1, 0.15) is 35.0 Å². The van der Waals surface area contributed by atoms with E-state index in [2.05, 4.69) is 12.2 Å². The molecule has 0 radical (unpaired) electrons. The van der Waals surface area contributed by atoms with Crippen LogP contribution in [0, 0.1) is 5.41 Å². The third-order valence-corrected chi connectivity index (χ3v) is 4.43. The number of carbonyl (C=O) groups excluding carboxylic acids is 1. The maximum Gasteiger partial charge on any atom is 0.249 e. The molecule has 0 spiro atoms. The third-order valence-electron chi connectivity index (χ3n) is 3.49. The quantitative estimate of drug-likeness (QED) is 0.855. The summed E-state index contributed by atoms with van der Waals surface area (Å²) in [7, 11) is 0. The molecule has 1 saturated heterocycles. The molecule has 1 aliphatic rings. The molecule has 0 atom stereocenters. The topological polar surface area (TPSA) is 64.3 Å². The number of rotatable bonds is 5. The predicted octanol–water partition coefficient (Wildman–Crippen LogP) is 1.75. The van der Waals surface area contributed by atoms with Gasteiger partial charge in [-0.1, -0.05) is 6.92 Å². The smallest absolute Gasteiger partial charge is 0.249 e. The van der Waals surface area contributed by atoms with Crippen LogP contribution >= 0.6 is 11.3 Å². The second kappa shape index (κ2) is 5.82. The van der Waals surface area contributed by atoms with Gasteiger partial charge in [-0.05, 0) is 24.3 Å². The van der Waals surface area contributed by atoms with Gasteiger partial charge in [0.05, 0.1) is 5.56 Å². The summed E-state index contributed by atoms with van der Waals surface area (Å²) in [4.78, 5) is 12.1. The largest absolute Gasteiger partial charge is 0.381 e. The summed E-state index contributed by atoms with van der Waals surface area (Å²) in [6.07, 6.45) is 2.22. The lowest BCUT2D eigenvalue weighted by Gasteiger charge is -2.33. The Bertz CT molecular complexity index is 411. The highest BCUT2D eigenvalue weighted by Gasteiger charge is 2.26. The Labute approximate surface area is 112 Å². The van der Waals surface area contributed by atoms with Gasteiger partial charge in [0, 0.05) is 36.6 Å². The zero-order valence-electron chi connectivity index (χ0n) is 10.7. The van der Waals surface area contributed by atoms with Crippen LogP contribution in [0.25, 0.3) is 0 Å². The molecule has 0 saturated carbocycles. The van der Waals surface area contributed by atoms with Crippen LogP contribution < -0.4 is 11.1 Å². The van der Waals surface area contributed by atoms with Crippen molar-refractivity contribution in [2.45, 2.75) is 26.3 Å². The fourth-order valence-electron chi connectivity index (χ4n) is 2.13.